The number of carbonyl (C=O) groups is 1. The topological polar surface area (TPSA) is 41.6 Å². The summed E-state index contributed by atoms with van der Waals surface area (Å²) >= 11 is 0. The van der Waals surface area contributed by atoms with Crippen molar-refractivity contribution >= 4 is 16.7 Å². The number of halogens is 3. The quantitative estimate of drug-likeness (QED) is 0.862. The molecule has 0 aliphatic carbocycles. The Kier molecular flexibility index (Phi) is 5.09. The summed E-state index contributed by atoms with van der Waals surface area (Å²) in [7, 11) is 0. The van der Waals surface area contributed by atoms with E-state index in [0.717, 1.165) is 10.4 Å². The molecule has 0 bridgehead atoms. The Bertz CT molecular complexity index is 805. The summed E-state index contributed by atoms with van der Waals surface area (Å²) in [6, 6.07) is 8.10. The van der Waals surface area contributed by atoms with Gasteiger partial charge in [-0.3, -0.25) is 10.2 Å². The molecular formula is C19H21F3N2O2. The van der Waals surface area contributed by atoms with E-state index in [4.69, 9.17) is 4.74 Å². The second kappa shape index (κ2) is 7.15. The molecule has 2 aromatic carbocycles. The number of nitrogens with one attached hydrogen (secondary N) is 1. The van der Waals surface area contributed by atoms with Crippen LogP contribution in [-0.2, 0) is 4.79 Å². The highest BCUT2D eigenvalue weighted by molar-refractivity contribution is 5.84. The number of ether oxygens (including phenoxy) is 1. The SMILES string of the molecule is CC(C)COc1ccc2cc([C@H](N3CCC(=O)N3)C(F)(F)F)ccc2c1. The van der Waals surface area contributed by atoms with E-state index in [2.05, 4.69) is 5.43 Å². The molecule has 0 radical (unpaired) electrons. The number of amides is 1. The molecule has 26 heavy (non-hydrogen) atoms. The smallest absolute Gasteiger partial charge is 0.409 e. The first-order valence-electron chi connectivity index (χ1n) is 8.53. The fraction of sp³-hybridized carbons (Fsp3) is 0.421. The highest BCUT2D eigenvalue weighted by Gasteiger charge is 2.46. The number of alkyl halides is 3. The number of fused-ring (bicyclic) bond motifs is 1. The van der Waals surface area contributed by atoms with Crippen LogP contribution >= 0.6 is 0 Å². The number of hydrogen-bond acceptors (Lipinski definition) is 3. The third-order valence-corrected chi connectivity index (χ3v) is 4.20. The van der Waals surface area contributed by atoms with Gasteiger partial charge in [0.1, 0.15) is 11.8 Å². The van der Waals surface area contributed by atoms with E-state index in [1.54, 1.807) is 18.2 Å². The molecule has 1 heterocycles. The molecule has 1 N–H and O–H groups in total. The maximum atomic E-state index is 13.6. The van der Waals surface area contributed by atoms with Gasteiger partial charge in [-0.25, -0.2) is 5.01 Å². The summed E-state index contributed by atoms with van der Waals surface area (Å²) in [4.78, 5) is 11.3. The largest absolute Gasteiger partial charge is 0.493 e. The third-order valence-electron chi connectivity index (χ3n) is 4.20. The van der Waals surface area contributed by atoms with Gasteiger partial charge in [0.2, 0.25) is 5.91 Å². The van der Waals surface area contributed by atoms with Gasteiger partial charge >= 0.3 is 6.18 Å². The monoisotopic (exact) mass is 366 g/mol. The van der Waals surface area contributed by atoms with Crippen molar-refractivity contribution in [3.8, 4) is 5.75 Å². The maximum absolute atomic E-state index is 13.6. The lowest BCUT2D eigenvalue weighted by atomic mass is 10.0. The molecule has 0 saturated carbocycles. The minimum atomic E-state index is -4.49. The first-order valence-corrected chi connectivity index (χ1v) is 8.53. The van der Waals surface area contributed by atoms with Gasteiger partial charge in [0.15, 0.2) is 0 Å². The van der Waals surface area contributed by atoms with E-state index in [1.807, 2.05) is 19.9 Å². The van der Waals surface area contributed by atoms with Crippen LogP contribution in [0.3, 0.4) is 0 Å². The number of carbonyl (C=O) groups excluding carboxylic acids is 1. The van der Waals surface area contributed by atoms with Gasteiger partial charge in [0.25, 0.3) is 0 Å². The van der Waals surface area contributed by atoms with Crippen LogP contribution in [-0.4, -0.2) is 30.2 Å². The van der Waals surface area contributed by atoms with E-state index in [9.17, 15) is 18.0 Å². The zero-order chi connectivity index (χ0) is 18.9. The molecule has 140 valence electrons. The first-order chi connectivity index (χ1) is 12.2. The zero-order valence-corrected chi connectivity index (χ0v) is 14.6. The average Bonchev–Trinajstić information content (AvgIpc) is 2.97. The van der Waals surface area contributed by atoms with Gasteiger partial charge in [-0.1, -0.05) is 32.0 Å². The Morgan fingerprint density at radius 3 is 2.46 bits per heavy atom. The fourth-order valence-electron chi connectivity index (χ4n) is 3.00. The van der Waals surface area contributed by atoms with Crippen molar-refractivity contribution in [3.63, 3.8) is 0 Å². The van der Waals surface area contributed by atoms with Crippen LogP contribution in [0, 0.1) is 5.92 Å². The number of hydrogen-bond donors (Lipinski definition) is 1. The summed E-state index contributed by atoms with van der Waals surface area (Å²) < 4.78 is 46.5. The predicted molar refractivity (Wildman–Crippen MR) is 92.5 cm³/mol. The highest BCUT2D eigenvalue weighted by atomic mass is 19.4. The molecule has 1 saturated heterocycles. The van der Waals surface area contributed by atoms with Crippen molar-refractivity contribution in [2.75, 3.05) is 13.2 Å². The molecular weight excluding hydrogens is 345 g/mol. The average molecular weight is 366 g/mol. The van der Waals surface area contributed by atoms with Crippen molar-refractivity contribution < 1.29 is 22.7 Å². The second-order valence-corrected chi connectivity index (χ2v) is 6.90. The van der Waals surface area contributed by atoms with E-state index >= 15 is 0 Å². The molecule has 7 heteroatoms. The summed E-state index contributed by atoms with van der Waals surface area (Å²) in [5.41, 5.74) is 2.40. The minimum absolute atomic E-state index is 0.0308. The molecule has 4 nitrogen and oxygen atoms in total. The van der Waals surface area contributed by atoms with Crippen molar-refractivity contribution in [2.45, 2.75) is 32.5 Å². The van der Waals surface area contributed by atoms with Gasteiger partial charge in [0.05, 0.1) is 6.61 Å². The minimum Gasteiger partial charge on any atom is -0.493 e. The Hall–Kier alpha value is -2.28. The molecule has 2 aromatic rings. The van der Waals surface area contributed by atoms with E-state index in [0.29, 0.717) is 23.7 Å². The zero-order valence-electron chi connectivity index (χ0n) is 14.6. The summed E-state index contributed by atoms with van der Waals surface area (Å²) in [5, 5.41) is 2.46. The lowest BCUT2D eigenvalue weighted by Crippen LogP contribution is -2.43. The standard InChI is InChI=1S/C19H21F3N2O2/c1-12(2)11-26-16-6-5-13-9-15(4-3-14(13)10-16)18(19(20,21)22)24-8-7-17(25)23-24/h3-6,9-10,12,18H,7-8,11H2,1-2H3,(H,23,25)/t18-/m0/s1. The molecule has 0 aromatic heterocycles. The van der Waals surface area contributed by atoms with Crippen molar-refractivity contribution in [3.05, 3.63) is 42.0 Å². The summed E-state index contributed by atoms with van der Waals surface area (Å²) in [6.07, 6.45) is -4.43. The summed E-state index contributed by atoms with van der Waals surface area (Å²) in [5.74, 6) is 0.682. The molecule has 1 atom stereocenters. The fourth-order valence-corrected chi connectivity index (χ4v) is 3.00. The predicted octanol–water partition coefficient (Wildman–Crippen LogP) is 4.21. The van der Waals surface area contributed by atoms with Crippen LogP contribution < -0.4 is 10.2 Å². The van der Waals surface area contributed by atoms with Crippen molar-refractivity contribution in [2.24, 2.45) is 5.92 Å². The van der Waals surface area contributed by atoms with Crippen molar-refractivity contribution in [1.82, 2.24) is 10.4 Å². The Balaban J connectivity index is 1.91. The molecule has 0 spiro atoms. The molecule has 1 amide bonds. The van der Waals surface area contributed by atoms with E-state index in [1.165, 1.54) is 12.1 Å². The Morgan fingerprint density at radius 1 is 1.15 bits per heavy atom. The van der Waals surface area contributed by atoms with Crippen LogP contribution in [0.1, 0.15) is 31.9 Å². The van der Waals surface area contributed by atoms with Gasteiger partial charge in [-0.05, 0) is 40.5 Å². The second-order valence-electron chi connectivity index (χ2n) is 6.90. The van der Waals surface area contributed by atoms with Crippen LogP contribution in [0.5, 0.6) is 5.75 Å². The van der Waals surface area contributed by atoms with Crippen LogP contribution in [0.2, 0.25) is 0 Å². The molecule has 1 aliphatic heterocycles. The third kappa shape index (κ3) is 4.09. The molecule has 1 fully saturated rings. The molecule has 0 unspecified atom stereocenters. The van der Waals surface area contributed by atoms with Crippen LogP contribution in [0.25, 0.3) is 10.8 Å². The Labute approximate surface area is 149 Å². The van der Waals surface area contributed by atoms with Crippen molar-refractivity contribution in [1.29, 1.82) is 0 Å². The van der Waals surface area contributed by atoms with Gasteiger partial charge in [-0.2, -0.15) is 13.2 Å². The maximum Gasteiger partial charge on any atom is 0.409 e. The Morgan fingerprint density at radius 2 is 1.85 bits per heavy atom. The number of rotatable bonds is 5. The summed E-state index contributed by atoms with van der Waals surface area (Å²) in [6.45, 7) is 4.70. The van der Waals surface area contributed by atoms with E-state index in [-0.39, 0.29) is 18.5 Å². The van der Waals surface area contributed by atoms with Gasteiger partial charge < -0.3 is 4.74 Å². The van der Waals surface area contributed by atoms with Crippen LogP contribution in [0.15, 0.2) is 36.4 Å². The molecule has 1 aliphatic rings. The van der Waals surface area contributed by atoms with Crippen LogP contribution in [0.4, 0.5) is 13.2 Å². The normalized spacial score (nSPS) is 16.9. The lowest BCUT2D eigenvalue weighted by molar-refractivity contribution is -0.191. The lowest BCUT2D eigenvalue weighted by Gasteiger charge is -2.29. The highest BCUT2D eigenvalue weighted by Crippen LogP contribution is 2.39. The number of nitrogens with zero attached hydrogens (tertiary/aromatic N) is 1. The van der Waals surface area contributed by atoms with Gasteiger partial charge in [0, 0.05) is 13.0 Å². The molecule has 3 rings (SSSR count). The first kappa shape index (κ1) is 18.5. The van der Waals surface area contributed by atoms with E-state index < -0.39 is 18.1 Å². The van der Waals surface area contributed by atoms with Gasteiger partial charge in [-0.15, -0.1) is 0 Å². The number of hydrazine groups is 1. The number of benzene rings is 2.